The average molecular weight is 416 g/mol. The molecule has 5 nitrogen and oxygen atoms in total. The fourth-order valence-corrected chi connectivity index (χ4v) is 3.94. The molecule has 2 aromatic rings. The van der Waals surface area contributed by atoms with E-state index in [0.717, 1.165) is 56.1 Å². The van der Waals surface area contributed by atoms with Gasteiger partial charge in [-0.2, -0.15) is 0 Å². The molecule has 1 aliphatic heterocycles. The zero-order valence-electron chi connectivity index (χ0n) is 17.2. The van der Waals surface area contributed by atoms with Gasteiger partial charge in [-0.1, -0.05) is 37.6 Å². The monoisotopic (exact) mass is 415 g/mol. The molecule has 3 rings (SSSR count). The van der Waals surface area contributed by atoms with E-state index >= 15 is 0 Å². The summed E-state index contributed by atoms with van der Waals surface area (Å²) >= 11 is 6.03. The van der Waals surface area contributed by atoms with E-state index in [0.29, 0.717) is 5.02 Å². The van der Waals surface area contributed by atoms with Gasteiger partial charge in [0.15, 0.2) is 0 Å². The van der Waals surface area contributed by atoms with Crippen LogP contribution in [0.5, 0.6) is 0 Å². The third-order valence-corrected chi connectivity index (χ3v) is 5.97. The molecule has 29 heavy (non-hydrogen) atoms. The van der Waals surface area contributed by atoms with Crippen LogP contribution in [0.2, 0.25) is 5.02 Å². The molecule has 1 aliphatic rings. The summed E-state index contributed by atoms with van der Waals surface area (Å²) in [6, 6.07) is 15.9. The summed E-state index contributed by atoms with van der Waals surface area (Å²) in [5.41, 5.74) is 2.86. The fraction of sp³-hybridized carbons (Fsp3) is 0.435. The maximum absolute atomic E-state index is 12.5. The molecule has 2 aromatic carbocycles. The predicted molar refractivity (Wildman–Crippen MR) is 120 cm³/mol. The maximum Gasteiger partial charge on any atom is 0.238 e. The average Bonchev–Trinajstić information content (AvgIpc) is 2.77. The first kappa shape index (κ1) is 21.6. The number of hydrogen-bond donors (Lipinski definition) is 2. The van der Waals surface area contributed by atoms with Crippen molar-refractivity contribution >= 4 is 28.9 Å². The van der Waals surface area contributed by atoms with Crippen LogP contribution in [0.4, 0.5) is 11.4 Å². The van der Waals surface area contributed by atoms with Crippen molar-refractivity contribution in [3.8, 4) is 0 Å². The van der Waals surface area contributed by atoms with Crippen molar-refractivity contribution in [3.63, 3.8) is 0 Å². The van der Waals surface area contributed by atoms with Gasteiger partial charge in [0.1, 0.15) is 0 Å². The first-order chi connectivity index (χ1) is 14.1. The van der Waals surface area contributed by atoms with Crippen LogP contribution in [0.1, 0.15) is 32.3 Å². The molecule has 1 heterocycles. The van der Waals surface area contributed by atoms with Crippen LogP contribution >= 0.6 is 11.6 Å². The molecular weight excluding hydrogens is 386 g/mol. The Morgan fingerprint density at radius 3 is 2.24 bits per heavy atom. The number of rotatable bonds is 8. The number of benzene rings is 2. The van der Waals surface area contributed by atoms with Crippen molar-refractivity contribution in [1.29, 1.82) is 0 Å². The fourth-order valence-electron chi connectivity index (χ4n) is 3.81. The van der Waals surface area contributed by atoms with Crippen LogP contribution in [0.25, 0.3) is 0 Å². The highest BCUT2D eigenvalue weighted by atomic mass is 35.5. The molecule has 1 fully saturated rings. The van der Waals surface area contributed by atoms with Crippen molar-refractivity contribution in [2.45, 2.75) is 32.2 Å². The lowest BCUT2D eigenvalue weighted by molar-refractivity contribution is -0.115. The van der Waals surface area contributed by atoms with Gasteiger partial charge in [-0.3, -0.25) is 10.1 Å². The summed E-state index contributed by atoms with van der Waals surface area (Å²) in [4.78, 5) is 14.8. The smallest absolute Gasteiger partial charge is 0.238 e. The second-order valence-corrected chi connectivity index (χ2v) is 7.78. The molecule has 0 unspecified atom stereocenters. The molecule has 0 aromatic heterocycles. The first-order valence-electron chi connectivity index (χ1n) is 10.3. The molecule has 0 radical (unpaired) electrons. The summed E-state index contributed by atoms with van der Waals surface area (Å²) in [6.07, 6.45) is 1.76. The lowest BCUT2D eigenvalue weighted by Crippen LogP contribution is -2.45. The van der Waals surface area contributed by atoms with Crippen LogP contribution in [-0.2, 0) is 15.1 Å². The van der Waals surface area contributed by atoms with Crippen molar-refractivity contribution in [2.75, 3.05) is 43.1 Å². The summed E-state index contributed by atoms with van der Waals surface area (Å²) < 4.78 is 5.40. The molecule has 6 heteroatoms. The number of anilines is 2. The molecular formula is C23H30ClN3O2. The molecule has 0 saturated carbocycles. The number of morpholine rings is 1. The highest BCUT2D eigenvalue weighted by Gasteiger charge is 2.28. The molecule has 0 spiro atoms. The van der Waals surface area contributed by atoms with Gasteiger partial charge in [-0.25, -0.2) is 0 Å². The number of carbonyl (C=O) groups is 1. The second kappa shape index (κ2) is 10.1. The van der Waals surface area contributed by atoms with Crippen LogP contribution in [0, 0.1) is 0 Å². The van der Waals surface area contributed by atoms with Gasteiger partial charge in [0.2, 0.25) is 5.91 Å². The minimum atomic E-state index is -0.248. The number of amides is 1. The molecule has 156 valence electrons. The molecule has 2 N–H and O–H groups in total. The standard InChI is InChI=1S/C23H30ClN3O2/c1-3-23(4-2,18-5-7-19(24)8-6-18)25-17-22(28)26-20-9-11-21(12-10-20)27-13-15-29-16-14-27/h5-12,25H,3-4,13-17H2,1-2H3,(H,26,28). The van der Waals surface area contributed by atoms with Gasteiger partial charge in [0.05, 0.1) is 19.8 Å². The number of nitrogens with zero attached hydrogens (tertiary/aromatic N) is 1. The van der Waals surface area contributed by atoms with Gasteiger partial charge in [0, 0.05) is 35.0 Å². The highest BCUT2D eigenvalue weighted by molar-refractivity contribution is 6.30. The van der Waals surface area contributed by atoms with Crippen molar-refractivity contribution in [3.05, 3.63) is 59.1 Å². The Balaban J connectivity index is 1.58. The predicted octanol–water partition coefficient (Wildman–Crippen LogP) is 4.42. The van der Waals surface area contributed by atoms with Gasteiger partial charge >= 0.3 is 0 Å². The van der Waals surface area contributed by atoms with Crippen molar-refractivity contribution < 1.29 is 9.53 Å². The van der Waals surface area contributed by atoms with Gasteiger partial charge in [0.25, 0.3) is 0 Å². The van der Waals surface area contributed by atoms with Crippen LogP contribution < -0.4 is 15.5 Å². The Morgan fingerprint density at radius 1 is 1.03 bits per heavy atom. The van der Waals surface area contributed by atoms with Gasteiger partial charge in [-0.05, 0) is 54.8 Å². The van der Waals surface area contributed by atoms with Crippen LogP contribution in [0.15, 0.2) is 48.5 Å². The summed E-state index contributed by atoms with van der Waals surface area (Å²) in [5, 5.41) is 7.18. The maximum atomic E-state index is 12.5. The van der Waals surface area contributed by atoms with Crippen molar-refractivity contribution in [1.82, 2.24) is 5.32 Å². The third kappa shape index (κ3) is 5.50. The Bertz CT molecular complexity index is 783. The summed E-state index contributed by atoms with van der Waals surface area (Å²) in [6.45, 7) is 7.83. The Hall–Kier alpha value is -2.08. The van der Waals surface area contributed by atoms with E-state index in [2.05, 4.69) is 29.4 Å². The Kier molecular flexibility index (Phi) is 7.53. The topological polar surface area (TPSA) is 53.6 Å². The number of ether oxygens (including phenoxy) is 1. The van der Waals surface area contributed by atoms with E-state index in [1.165, 1.54) is 0 Å². The van der Waals surface area contributed by atoms with E-state index < -0.39 is 0 Å². The van der Waals surface area contributed by atoms with Gasteiger partial charge in [-0.15, -0.1) is 0 Å². The van der Waals surface area contributed by atoms with E-state index in [9.17, 15) is 4.79 Å². The van der Waals surface area contributed by atoms with E-state index in [-0.39, 0.29) is 18.0 Å². The second-order valence-electron chi connectivity index (χ2n) is 7.34. The minimum absolute atomic E-state index is 0.0515. The lowest BCUT2D eigenvalue weighted by atomic mass is 9.84. The number of halogens is 1. The highest BCUT2D eigenvalue weighted by Crippen LogP contribution is 2.29. The van der Waals surface area contributed by atoms with Gasteiger partial charge < -0.3 is 15.0 Å². The number of nitrogens with one attached hydrogen (secondary N) is 2. The van der Waals surface area contributed by atoms with E-state index in [4.69, 9.17) is 16.3 Å². The molecule has 0 bridgehead atoms. The molecule has 1 amide bonds. The zero-order chi connectivity index (χ0) is 20.7. The quantitative estimate of drug-likeness (QED) is 0.670. The normalized spacial score (nSPS) is 14.7. The molecule has 0 atom stereocenters. The van der Waals surface area contributed by atoms with E-state index in [1.807, 2.05) is 48.5 Å². The zero-order valence-corrected chi connectivity index (χ0v) is 18.0. The SMILES string of the molecule is CCC(CC)(NCC(=O)Nc1ccc(N2CCOCC2)cc1)c1ccc(Cl)cc1. The van der Waals surface area contributed by atoms with Crippen LogP contribution in [-0.4, -0.2) is 38.8 Å². The summed E-state index contributed by atoms with van der Waals surface area (Å²) in [5.74, 6) is -0.0515. The molecule has 1 saturated heterocycles. The minimum Gasteiger partial charge on any atom is -0.378 e. The summed E-state index contributed by atoms with van der Waals surface area (Å²) in [7, 11) is 0. The lowest BCUT2D eigenvalue weighted by Gasteiger charge is -2.33. The number of carbonyl (C=O) groups excluding carboxylic acids is 1. The van der Waals surface area contributed by atoms with E-state index in [1.54, 1.807) is 0 Å². The molecule has 0 aliphatic carbocycles. The van der Waals surface area contributed by atoms with Crippen molar-refractivity contribution in [2.24, 2.45) is 0 Å². The third-order valence-electron chi connectivity index (χ3n) is 5.72. The first-order valence-corrected chi connectivity index (χ1v) is 10.7. The Morgan fingerprint density at radius 2 is 1.66 bits per heavy atom. The largest absolute Gasteiger partial charge is 0.378 e. The Labute approximate surface area is 178 Å². The number of hydrogen-bond acceptors (Lipinski definition) is 4. The van der Waals surface area contributed by atoms with Crippen LogP contribution in [0.3, 0.4) is 0 Å².